The fourth-order valence-corrected chi connectivity index (χ4v) is 2.38. The topological polar surface area (TPSA) is 60.7 Å². The molecule has 0 aliphatic heterocycles. The average Bonchev–Trinajstić information content (AvgIpc) is 3.04. The van der Waals surface area contributed by atoms with Gasteiger partial charge in [-0.15, -0.1) is 0 Å². The van der Waals surface area contributed by atoms with Gasteiger partial charge in [0.2, 0.25) is 0 Å². The minimum absolute atomic E-state index is 0.0649. The maximum atomic E-state index is 12.3. The first kappa shape index (κ1) is 16.8. The summed E-state index contributed by atoms with van der Waals surface area (Å²) in [6, 6.07) is 13.4. The Balaban J connectivity index is 1.69. The van der Waals surface area contributed by atoms with E-state index in [-0.39, 0.29) is 29.7 Å². The first-order chi connectivity index (χ1) is 12.1. The molecule has 0 bridgehead atoms. The Labute approximate surface area is 142 Å². The molecule has 0 radical (unpaired) electrons. The van der Waals surface area contributed by atoms with E-state index in [9.17, 15) is 13.6 Å². The number of carbonyl (C=O) groups excluding carboxylic acids is 1. The number of rotatable bonds is 6. The van der Waals surface area contributed by atoms with Crippen LogP contribution in [0.25, 0.3) is 11.0 Å². The number of benzene rings is 2. The highest BCUT2D eigenvalue weighted by atomic mass is 19.3. The predicted molar refractivity (Wildman–Crippen MR) is 87.0 cm³/mol. The summed E-state index contributed by atoms with van der Waals surface area (Å²) in [5.74, 6) is -0.0745. The van der Waals surface area contributed by atoms with E-state index in [4.69, 9.17) is 9.15 Å². The minimum atomic E-state index is -2.94. The van der Waals surface area contributed by atoms with Gasteiger partial charge in [0, 0.05) is 11.9 Å². The summed E-state index contributed by atoms with van der Waals surface area (Å²) in [5, 5.41) is 3.55. The van der Waals surface area contributed by atoms with E-state index in [1.165, 1.54) is 19.2 Å². The number of hydrogen-bond acceptors (Lipinski definition) is 4. The van der Waals surface area contributed by atoms with Crippen LogP contribution in [0.1, 0.15) is 16.1 Å². The largest absolute Gasteiger partial charge is 0.493 e. The second-order valence-electron chi connectivity index (χ2n) is 5.19. The molecule has 0 spiro atoms. The van der Waals surface area contributed by atoms with Crippen LogP contribution in [0.4, 0.5) is 8.78 Å². The molecule has 0 atom stereocenters. The molecule has 130 valence electrons. The normalized spacial score (nSPS) is 10.9. The van der Waals surface area contributed by atoms with Gasteiger partial charge in [-0.2, -0.15) is 8.78 Å². The third kappa shape index (κ3) is 3.88. The Bertz CT molecular complexity index is 859. The van der Waals surface area contributed by atoms with Crippen molar-refractivity contribution in [3.8, 4) is 11.5 Å². The Morgan fingerprint density at radius 2 is 1.96 bits per heavy atom. The van der Waals surface area contributed by atoms with Gasteiger partial charge in [0.1, 0.15) is 5.58 Å². The fraction of sp³-hybridized carbons (Fsp3) is 0.167. The number of alkyl halides is 2. The first-order valence-corrected chi connectivity index (χ1v) is 7.45. The molecule has 0 aliphatic rings. The summed E-state index contributed by atoms with van der Waals surface area (Å²) < 4.78 is 39.5. The van der Waals surface area contributed by atoms with Crippen molar-refractivity contribution in [3.63, 3.8) is 0 Å². The molecule has 25 heavy (non-hydrogen) atoms. The van der Waals surface area contributed by atoms with E-state index >= 15 is 0 Å². The van der Waals surface area contributed by atoms with Crippen molar-refractivity contribution in [3.05, 3.63) is 59.9 Å². The predicted octanol–water partition coefficient (Wildman–Crippen LogP) is 3.97. The Kier molecular flexibility index (Phi) is 4.83. The number of furan rings is 1. The Morgan fingerprint density at radius 3 is 2.68 bits per heavy atom. The van der Waals surface area contributed by atoms with Gasteiger partial charge >= 0.3 is 6.61 Å². The zero-order chi connectivity index (χ0) is 17.8. The summed E-state index contributed by atoms with van der Waals surface area (Å²) in [6.45, 7) is -2.76. The third-order valence-electron chi connectivity index (χ3n) is 3.55. The molecule has 2 aromatic carbocycles. The highest BCUT2D eigenvalue weighted by molar-refractivity contribution is 5.96. The van der Waals surface area contributed by atoms with Crippen LogP contribution >= 0.6 is 0 Å². The number of para-hydroxylation sites is 1. The van der Waals surface area contributed by atoms with Crippen LogP contribution < -0.4 is 14.8 Å². The minimum Gasteiger partial charge on any atom is -0.493 e. The second-order valence-corrected chi connectivity index (χ2v) is 5.19. The Hall–Kier alpha value is -3.09. The standard InChI is InChI=1S/C18H15F2NO4/c1-23-15-8-11(6-7-14(15)25-18(19)20)10-21-17(22)16-9-12-4-2-3-5-13(12)24-16/h2-9,18H,10H2,1H3,(H,21,22). The van der Waals surface area contributed by atoms with E-state index in [1.54, 1.807) is 18.2 Å². The second kappa shape index (κ2) is 7.21. The van der Waals surface area contributed by atoms with Crippen molar-refractivity contribution < 1.29 is 27.5 Å². The fourth-order valence-electron chi connectivity index (χ4n) is 2.38. The van der Waals surface area contributed by atoms with Crippen LogP contribution in [-0.4, -0.2) is 19.6 Å². The quantitative estimate of drug-likeness (QED) is 0.733. The molecule has 1 aromatic heterocycles. The van der Waals surface area contributed by atoms with Crippen LogP contribution in [0, 0.1) is 0 Å². The van der Waals surface area contributed by atoms with Gasteiger partial charge in [0.05, 0.1) is 7.11 Å². The number of nitrogens with one attached hydrogen (secondary N) is 1. The molecule has 1 heterocycles. The van der Waals surface area contributed by atoms with Crippen LogP contribution in [0.15, 0.2) is 52.9 Å². The maximum absolute atomic E-state index is 12.3. The SMILES string of the molecule is COc1cc(CNC(=O)c2cc3ccccc3o2)ccc1OC(F)F. The number of ether oxygens (including phenoxy) is 2. The van der Waals surface area contributed by atoms with Gasteiger partial charge < -0.3 is 19.2 Å². The molecular weight excluding hydrogens is 332 g/mol. The first-order valence-electron chi connectivity index (χ1n) is 7.45. The Morgan fingerprint density at radius 1 is 1.16 bits per heavy atom. The number of amides is 1. The zero-order valence-electron chi connectivity index (χ0n) is 13.3. The van der Waals surface area contributed by atoms with Crippen molar-refractivity contribution in [2.24, 2.45) is 0 Å². The summed E-state index contributed by atoms with van der Waals surface area (Å²) >= 11 is 0. The lowest BCUT2D eigenvalue weighted by atomic mass is 10.2. The molecule has 0 saturated carbocycles. The molecule has 1 amide bonds. The summed E-state index contributed by atoms with van der Waals surface area (Å²) in [5.41, 5.74) is 1.30. The highest BCUT2D eigenvalue weighted by Gasteiger charge is 2.14. The number of carbonyl (C=O) groups is 1. The maximum Gasteiger partial charge on any atom is 0.387 e. The van der Waals surface area contributed by atoms with E-state index in [0.717, 1.165) is 5.39 Å². The molecule has 3 aromatic rings. The monoisotopic (exact) mass is 347 g/mol. The number of hydrogen-bond donors (Lipinski definition) is 1. The van der Waals surface area contributed by atoms with E-state index in [1.807, 2.05) is 18.2 Å². The van der Waals surface area contributed by atoms with Crippen molar-refractivity contribution in [1.29, 1.82) is 0 Å². The van der Waals surface area contributed by atoms with Crippen LogP contribution in [0.2, 0.25) is 0 Å². The van der Waals surface area contributed by atoms with Crippen molar-refractivity contribution in [2.45, 2.75) is 13.2 Å². The van der Waals surface area contributed by atoms with Gasteiger partial charge in [-0.1, -0.05) is 24.3 Å². The number of fused-ring (bicyclic) bond motifs is 1. The lowest BCUT2D eigenvalue weighted by Gasteiger charge is -2.11. The summed E-state index contributed by atoms with van der Waals surface area (Å²) in [7, 11) is 1.35. The van der Waals surface area contributed by atoms with Crippen LogP contribution in [-0.2, 0) is 6.54 Å². The smallest absolute Gasteiger partial charge is 0.387 e. The van der Waals surface area contributed by atoms with Gasteiger partial charge in [-0.05, 0) is 29.8 Å². The van der Waals surface area contributed by atoms with E-state index in [2.05, 4.69) is 10.1 Å². The van der Waals surface area contributed by atoms with Crippen LogP contribution in [0.3, 0.4) is 0 Å². The lowest BCUT2D eigenvalue weighted by molar-refractivity contribution is -0.0512. The van der Waals surface area contributed by atoms with E-state index < -0.39 is 6.61 Å². The molecule has 0 fully saturated rings. The lowest BCUT2D eigenvalue weighted by Crippen LogP contribution is -2.22. The summed E-state index contributed by atoms with van der Waals surface area (Å²) in [6.07, 6.45) is 0. The highest BCUT2D eigenvalue weighted by Crippen LogP contribution is 2.29. The van der Waals surface area contributed by atoms with Crippen LogP contribution in [0.5, 0.6) is 11.5 Å². The molecule has 7 heteroatoms. The van der Waals surface area contributed by atoms with Crippen molar-refractivity contribution in [2.75, 3.05) is 7.11 Å². The van der Waals surface area contributed by atoms with Gasteiger partial charge in [0.15, 0.2) is 17.3 Å². The van der Waals surface area contributed by atoms with Gasteiger partial charge in [-0.25, -0.2) is 0 Å². The zero-order valence-corrected chi connectivity index (χ0v) is 13.3. The molecule has 5 nitrogen and oxygen atoms in total. The van der Waals surface area contributed by atoms with Crippen molar-refractivity contribution in [1.82, 2.24) is 5.32 Å². The molecule has 0 unspecified atom stereocenters. The van der Waals surface area contributed by atoms with Crippen molar-refractivity contribution >= 4 is 16.9 Å². The van der Waals surface area contributed by atoms with Gasteiger partial charge in [0.25, 0.3) is 5.91 Å². The molecule has 0 saturated heterocycles. The molecule has 0 aliphatic carbocycles. The number of halogens is 2. The van der Waals surface area contributed by atoms with Gasteiger partial charge in [-0.3, -0.25) is 4.79 Å². The molecule has 1 N–H and O–H groups in total. The number of methoxy groups -OCH3 is 1. The van der Waals surface area contributed by atoms with E-state index in [0.29, 0.717) is 11.1 Å². The average molecular weight is 347 g/mol. The third-order valence-corrected chi connectivity index (χ3v) is 3.55. The summed E-state index contributed by atoms with van der Waals surface area (Å²) in [4.78, 5) is 12.2. The molecular formula is C18H15F2NO4. The molecule has 3 rings (SSSR count).